The molecule has 0 aliphatic heterocycles. The van der Waals surface area contributed by atoms with Crippen LogP contribution in [0.5, 0.6) is 0 Å². The summed E-state index contributed by atoms with van der Waals surface area (Å²) in [6.07, 6.45) is 0. The van der Waals surface area contributed by atoms with Gasteiger partial charge in [0.15, 0.2) is 0 Å². The largest absolute Gasteiger partial charge is 0.321 e. The van der Waals surface area contributed by atoms with Gasteiger partial charge in [-0.2, -0.15) is 10.2 Å². The van der Waals surface area contributed by atoms with E-state index in [0.29, 0.717) is 5.69 Å². The lowest BCUT2D eigenvalue weighted by atomic mass is 10.1. The normalized spacial score (nSPS) is 10.9. The number of benzene rings is 1. The summed E-state index contributed by atoms with van der Waals surface area (Å²) >= 11 is 0. The molecule has 124 valence electrons. The maximum atomic E-state index is 12.5. The van der Waals surface area contributed by atoms with Crippen molar-refractivity contribution in [1.82, 2.24) is 20.0 Å². The number of carbonyl (C=O) groups excluding carboxylic acids is 1. The van der Waals surface area contributed by atoms with Crippen molar-refractivity contribution in [1.29, 1.82) is 0 Å². The Morgan fingerprint density at radius 3 is 2.33 bits per heavy atom. The Bertz CT molecular complexity index is 899. The van der Waals surface area contributed by atoms with Crippen LogP contribution >= 0.6 is 0 Å². The van der Waals surface area contributed by atoms with Crippen molar-refractivity contribution in [2.24, 2.45) is 7.05 Å². The zero-order chi connectivity index (χ0) is 17.4. The third-order valence-electron chi connectivity index (χ3n) is 4.07. The maximum absolute atomic E-state index is 12.5. The van der Waals surface area contributed by atoms with E-state index in [9.17, 15) is 4.79 Å². The van der Waals surface area contributed by atoms with E-state index < -0.39 is 0 Å². The summed E-state index contributed by atoms with van der Waals surface area (Å²) in [5, 5.41) is 14.4. The van der Waals surface area contributed by atoms with Crippen LogP contribution in [0.1, 0.15) is 33.0 Å². The first-order valence-corrected chi connectivity index (χ1v) is 7.81. The van der Waals surface area contributed by atoms with Crippen LogP contribution in [0.3, 0.4) is 0 Å². The van der Waals surface area contributed by atoms with E-state index in [1.165, 1.54) is 0 Å². The van der Waals surface area contributed by atoms with Crippen LogP contribution in [0.4, 0.5) is 5.69 Å². The predicted octanol–water partition coefficient (Wildman–Crippen LogP) is 3.30. The molecule has 2 aromatic heterocycles. The molecule has 1 amide bonds. The molecule has 6 heteroatoms. The number of hydrogen-bond acceptors (Lipinski definition) is 3. The first-order chi connectivity index (χ1) is 11.3. The number of carbonyl (C=O) groups is 1. The molecule has 0 unspecified atom stereocenters. The fourth-order valence-corrected chi connectivity index (χ4v) is 2.96. The van der Waals surface area contributed by atoms with Gasteiger partial charge in [0, 0.05) is 24.0 Å². The van der Waals surface area contributed by atoms with Crippen LogP contribution in [0.25, 0.3) is 11.3 Å². The number of nitrogens with zero attached hydrogens (tertiary/aromatic N) is 3. The van der Waals surface area contributed by atoms with E-state index in [1.807, 2.05) is 51.6 Å². The van der Waals surface area contributed by atoms with Crippen LogP contribution in [0, 0.1) is 27.7 Å². The number of amides is 1. The average molecular weight is 323 g/mol. The van der Waals surface area contributed by atoms with Crippen LogP contribution in [-0.2, 0) is 7.05 Å². The van der Waals surface area contributed by atoms with E-state index in [2.05, 4.69) is 26.7 Å². The molecular weight excluding hydrogens is 302 g/mol. The molecule has 0 saturated heterocycles. The van der Waals surface area contributed by atoms with Gasteiger partial charge in [-0.3, -0.25) is 14.6 Å². The van der Waals surface area contributed by atoms with Gasteiger partial charge in [0.1, 0.15) is 5.69 Å². The summed E-state index contributed by atoms with van der Waals surface area (Å²) in [6, 6.07) is 7.71. The molecule has 6 nitrogen and oxygen atoms in total. The predicted molar refractivity (Wildman–Crippen MR) is 94.1 cm³/mol. The molecule has 2 N–H and O–H groups in total. The first kappa shape index (κ1) is 16.0. The third-order valence-corrected chi connectivity index (χ3v) is 4.07. The van der Waals surface area contributed by atoms with Crippen LogP contribution in [-0.4, -0.2) is 25.9 Å². The lowest BCUT2D eigenvalue weighted by Crippen LogP contribution is -2.12. The Balaban J connectivity index is 1.86. The molecule has 3 aromatic rings. The Hall–Kier alpha value is -2.89. The number of hydrogen-bond donors (Lipinski definition) is 2. The highest BCUT2D eigenvalue weighted by molar-refractivity contribution is 6.03. The highest BCUT2D eigenvalue weighted by Crippen LogP contribution is 2.25. The zero-order valence-electron chi connectivity index (χ0n) is 14.6. The Morgan fingerprint density at radius 2 is 1.75 bits per heavy atom. The quantitative estimate of drug-likeness (QED) is 0.776. The zero-order valence-corrected chi connectivity index (χ0v) is 14.6. The fourth-order valence-electron chi connectivity index (χ4n) is 2.96. The van der Waals surface area contributed by atoms with Crippen LogP contribution in [0.15, 0.2) is 24.3 Å². The molecule has 0 radical (unpaired) electrons. The molecule has 0 aliphatic rings. The smallest absolute Gasteiger partial charge is 0.273 e. The van der Waals surface area contributed by atoms with Gasteiger partial charge in [-0.05, 0) is 57.0 Å². The molecule has 0 saturated carbocycles. The molecule has 0 aliphatic carbocycles. The average Bonchev–Trinajstić information content (AvgIpc) is 3.04. The minimum absolute atomic E-state index is 0.210. The maximum Gasteiger partial charge on any atom is 0.273 e. The second kappa shape index (κ2) is 5.96. The van der Waals surface area contributed by atoms with Gasteiger partial charge in [0.05, 0.1) is 11.4 Å². The van der Waals surface area contributed by atoms with Gasteiger partial charge < -0.3 is 5.32 Å². The van der Waals surface area contributed by atoms with Crippen molar-refractivity contribution >= 4 is 11.6 Å². The number of H-pyrrole nitrogens is 1. The van der Waals surface area contributed by atoms with Crippen LogP contribution in [0.2, 0.25) is 0 Å². The first-order valence-electron chi connectivity index (χ1n) is 7.81. The van der Waals surface area contributed by atoms with Gasteiger partial charge in [0.25, 0.3) is 5.91 Å². The molecule has 1 aromatic carbocycles. The lowest BCUT2D eigenvalue weighted by Gasteiger charge is -2.06. The van der Waals surface area contributed by atoms with E-state index in [4.69, 9.17) is 0 Å². The van der Waals surface area contributed by atoms with Crippen molar-refractivity contribution in [2.75, 3.05) is 5.32 Å². The second-order valence-electron chi connectivity index (χ2n) is 6.17. The summed E-state index contributed by atoms with van der Waals surface area (Å²) in [5.74, 6) is -0.210. The highest BCUT2D eigenvalue weighted by atomic mass is 16.1. The van der Waals surface area contributed by atoms with Gasteiger partial charge in [-0.15, -0.1) is 0 Å². The summed E-state index contributed by atoms with van der Waals surface area (Å²) in [7, 11) is 1.90. The van der Waals surface area contributed by atoms with Crippen molar-refractivity contribution in [2.45, 2.75) is 27.7 Å². The summed E-state index contributed by atoms with van der Waals surface area (Å²) in [5.41, 5.74) is 7.01. The Morgan fingerprint density at radius 1 is 1.08 bits per heavy atom. The summed E-state index contributed by atoms with van der Waals surface area (Å²) < 4.78 is 1.81. The van der Waals surface area contributed by atoms with E-state index in [0.717, 1.165) is 39.5 Å². The molecule has 0 atom stereocenters. The molecule has 0 bridgehead atoms. The van der Waals surface area contributed by atoms with Crippen molar-refractivity contribution in [3.63, 3.8) is 0 Å². The molecule has 0 fully saturated rings. The Kier molecular flexibility index (Phi) is 3.97. The van der Waals surface area contributed by atoms with Crippen molar-refractivity contribution in [3.8, 4) is 11.3 Å². The number of anilines is 1. The fraction of sp³-hybridized carbons (Fsp3) is 0.278. The molecular formula is C18H21N5O. The van der Waals surface area contributed by atoms with Gasteiger partial charge >= 0.3 is 0 Å². The lowest BCUT2D eigenvalue weighted by molar-refractivity contribution is 0.102. The van der Waals surface area contributed by atoms with E-state index >= 15 is 0 Å². The van der Waals surface area contributed by atoms with Gasteiger partial charge in [-0.25, -0.2) is 0 Å². The van der Waals surface area contributed by atoms with E-state index in [1.54, 1.807) is 6.07 Å². The summed E-state index contributed by atoms with van der Waals surface area (Å²) in [4.78, 5) is 12.5. The minimum atomic E-state index is -0.210. The number of rotatable bonds is 3. The van der Waals surface area contributed by atoms with E-state index in [-0.39, 0.29) is 5.91 Å². The topological polar surface area (TPSA) is 75.6 Å². The number of aromatic amines is 1. The molecule has 24 heavy (non-hydrogen) atoms. The molecule has 0 spiro atoms. The summed E-state index contributed by atoms with van der Waals surface area (Å²) in [6.45, 7) is 7.93. The van der Waals surface area contributed by atoms with Crippen molar-refractivity contribution in [3.05, 3.63) is 52.5 Å². The number of aromatic nitrogens is 4. The number of aryl methyl sites for hydroxylation is 4. The highest BCUT2D eigenvalue weighted by Gasteiger charge is 2.17. The number of nitrogens with one attached hydrogen (secondary N) is 2. The minimum Gasteiger partial charge on any atom is -0.321 e. The van der Waals surface area contributed by atoms with Gasteiger partial charge in [-0.1, -0.05) is 6.07 Å². The third kappa shape index (κ3) is 2.95. The SMILES string of the molecule is Cc1cc(C)cc(NC(=O)c2cc(-c3c(C)nn(C)c3C)n[nH]2)c1. The Labute approximate surface area is 140 Å². The second-order valence-corrected chi connectivity index (χ2v) is 6.17. The van der Waals surface area contributed by atoms with Crippen LogP contribution < -0.4 is 5.32 Å². The molecule has 3 rings (SSSR count). The van der Waals surface area contributed by atoms with Crippen molar-refractivity contribution < 1.29 is 4.79 Å². The monoisotopic (exact) mass is 323 g/mol. The standard InChI is InChI=1S/C18H21N5O/c1-10-6-11(2)8-14(7-10)19-18(24)16-9-15(20-21-16)17-12(3)22-23(5)13(17)4/h6-9H,1-5H3,(H,19,24)(H,20,21). The molecule has 2 heterocycles. The van der Waals surface area contributed by atoms with Gasteiger partial charge in [0.2, 0.25) is 0 Å².